The average Bonchev–Trinajstić information content (AvgIpc) is 2.33. The molecule has 0 atom stereocenters. The van der Waals surface area contributed by atoms with Gasteiger partial charge in [-0.3, -0.25) is 4.98 Å². The molecule has 3 N–H and O–H groups in total. The highest BCUT2D eigenvalue weighted by atomic mass is 32.1. The summed E-state index contributed by atoms with van der Waals surface area (Å²) in [6.45, 7) is 5.78. The van der Waals surface area contributed by atoms with Gasteiger partial charge in [-0.05, 0) is 38.0 Å². The summed E-state index contributed by atoms with van der Waals surface area (Å²) < 4.78 is 0. The number of nitrogens with two attached hydrogens (primary N) is 1. The van der Waals surface area contributed by atoms with Gasteiger partial charge < -0.3 is 11.1 Å². The normalized spacial score (nSPS) is 10.3. The Morgan fingerprint density at radius 1 is 1.21 bits per heavy atom. The fraction of sp³-hybridized carbons (Fsp3) is 0.231. The molecule has 2 heterocycles. The summed E-state index contributed by atoms with van der Waals surface area (Å²) in [5, 5.41) is 11.4. The first-order valence-electron chi connectivity index (χ1n) is 5.81. The Morgan fingerprint density at radius 2 is 1.95 bits per heavy atom. The number of aryl methyl sites for hydroxylation is 2. The van der Waals surface area contributed by atoms with E-state index in [1.807, 2.05) is 26.8 Å². The second-order valence-electron chi connectivity index (χ2n) is 4.37. The number of pyridine rings is 1. The van der Waals surface area contributed by atoms with Crippen molar-refractivity contribution in [2.24, 2.45) is 5.73 Å². The third kappa shape index (κ3) is 2.85. The van der Waals surface area contributed by atoms with Crippen LogP contribution in [0.25, 0.3) is 0 Å². The van der Waals surface area contributed by atoms with E-state index < -0.39 is 0 Å². The van der Waals surface area contributed by atoms with E-state index in [1.165, 1.54) is 0 Å². The molecule has 0 aromatic carbocycles. The summed E-state index contributed by atoms with van der Waals surface area (Å²) in [4.78, 5) is 4.42. The molecule has 0 saturated carbocycles. The second-order valence-corrected chi connectivity index (χ2v) is 4.81. The number of hydrogen-bond donors (Lipinski definition) is 2. The topological polar surface area (TPSA) is 76.7 Å². The molecule has 0 amide bonds. The minimum atomic E-state index is 0.304. The Bertz CT molecular complexity index is 639. The number of aromatic nitrogens is 3. The zero-order valence-electron chi connectivity index (χ0n) is 11.1. The summed E-state index contributed by atoms with van der Waals surface area (Å²) in [5.41, 5.74) is 10.1. The molecule has 0 unspecified atom stereocenters. The maximum Gasteiger partial charge on any atom is 0.163 e. The van der Waals surface area contributed by atoms with Crippen LogP contribution >= 0.6 is 12.2 Å². The summed E-state index contributed by atoms with van der Waals surface area (Å²) in [5.74, 6) is 0.558. The van der Waals surface area contributed by atoms with E-state index in [0.29, 0.717) is 10.8 Å². The SMILES string of the molecule is Cc1cncc(Nc2nnc(C)c(C)c2C(N)=S)c1. The molecule has 0 radical (unpaired) electrons. The molecule has 0 aliphatic rings. The van der Waals surface area contributed by atoms with Crippen molar-refractivity contribution in [3.8, 4) is 0 Å². The molecular weight excluding hydrogens is 258 g/mol. The zero-order chi connectivity index (χ0) is 14.0. The molecular formula is C13H15N5S. The Morgan fingerprint density at radius 3 is 2.58 bits per heavy atom. The van der Waals surface area contributed by atoms with E-state index in [1.54, 1.807) is 12.4 Å². The van der Waals surface area contributed by atoms with Crippen molar-refractivity contribution >= 4 is 28.7 Å². The van der Waals surface area contributed by atoms with Crippen LogP contribution in [0.5, 0.6) is 0 Å². The Kier molecular flexibility index (Phi) is 3.71. The van der Waals surface area contributed by atoms with E-state index >= 15 is 0 Å². The number of hydrogen-bond acceptors (Lipinski definition) is 5. The van der Waals surface area contributed by atoms with Crippen LogP contribution in [0.1, 0.15) is 22.4 Å². The first-order valence-corrected chi connectivity index (χ1v) is 6.22. The lowest BCUT2D eigenvalue weighted by Crippen LogP contribution is -2.17. The average molecular weight is 273 g/mol. The van der Waals surface area contributed by atoms with Crippen LogP contribution in [0, 0.1) is 20.8 Å². The van der Waals surface area contributed by atoms with Gasteiger partial charge in [0, 0.05) is 6.20 Å². The van der Waals surface area contributed by atoms with Crippen LogP contribution in [-0.4, -0.2) is 20.2 Å². The fourth-order valence-corrected chi connectivity index (χ4v) is 2.01. The van der Waals surface area contributed by atoms with Crippen molar-refractivity contribution in [2.45, 2.75) is 20.8 Å². The fourth-order valence-electron chi connectivity index (χ4n) is 1.76. The maximum absolute atomic E-state index is 5.78. The van der Waals surface area contributed by atoms with Crippen LogP contribution in [0.4, 0.5) is 11.5 Å². The minimum Gasteiger partial charge on any atom is -0.389 e. The lowest BCUT2D eigenvalue weighted by Gasteiger charge is -2.13. The van der Waals surface area contributed by atoms with Crippen molar-refractivity contribution in [3.05, 3.63) is 40.8 Å². The lowest BCUT2D eigenvalue weighted by molar-refractivity contribution is 0.962. The van der Waals surface area contributed by atoms with Gasteiger partial charge in [-0.2, -0.15) is 5.10 Å². The molecule has 2 aromatic rings. The highest BCUT2D eigenvalue weighted by Crippen LogP contribution is 2.22. The van der Waals surface area contributed by atoms with E-state index in [0.717, 1.165) is 28.1 Å². The number of rotatable bonds is 3. The highest BCUT2D eigenvalue weighted by Gasteiger charge is 2.13. The standard InChI is InChI=1S/C13H15N5S/c1-7-4-10(6-15-5-7)16-13-11(12(14)19)8(2)9(3)17-18-13/h4-6H,1-3H3,(H2,14,19)(H,16,18). The van der Waals surface area contributed by atoms with E-state index in [2.05, 4.69) is 20.5 Å². The summed E-state index contributed by atoms with van der Waals surface area (Å²) in [6.07, 6.45) is 3.50. The Labute approximate surface area is 117 Å². The number of nitrogens with one attached hydrogen (secondary N) is 1. The molecule has 2 aromatic heterocycles. The Hall–Kier alpha value is -2.08. The molecule has 19 heavy (non-hydrogen) atoms. The van der Waals surface area contributed by atoms with Gasteiger partial charge in [0.05, 0.1) is 23.1 Å². The Balaban J connectivity index is 2.46. The van der Waals surface area contributed by atoms with Crippen molar-refractivity contribution < 1.29 is 0 Å². The minimum absolute atomic E-state index is 0.304. The van der Waals surface area contributed by atoms with Gasteiger partial charge in [0.2, 0.25) is 0 Å². The van der Waals surface area contributed by atoms with Gasteiger partial charge >= 0.3 is 0 Å². The van der Waals surface area contributed by atoms with Gasteiger partial charge in [0.1, 0.15) is 4.99 Å². The van der Waals surface area contributed by atoms with Crippen molar-refractivity contribution in [2.75, 3.05) is 5.32 Å². The summed E-state index contributed by atoms with van der Waals surface area (Å²) >= 11 is 5.09. The molecule has 5 nitrogen and oxygen atoms in total. The molecule has 0 saturated heterocycles. The van der Waals surface area contributed by atoms with Crippen LogP contribution in [0.3, 0.4) is 0 Å². The third-order valence-electron chi connectivity index (χ3n) is 2.84. The molecule has 0 aliphatic carbocycles. The second kappa shape index (κ2) is 5.27. The third-order valence-corrected chi connectivity index (χ3v) is 3.04. The highest BCUT2D eigenvalue weighted by molar-refractivity contribution is 7.80. The van der Waals surface area contributed by atoms with Crippen molar-refractivity contribution in [1.29, 1.82) is 0 Å². The molecule has 0 spiro atoms. The lowest BCUT2D eigenvalue weighted by atomic mass is 10.1. The predicted molar refractivity (Wildman–Crippen MR) is 79.7 cm³/mol. The van der Waals surface area contributed by atoms with Gasteiger partial charge in [-0.25, -0.2) is 0 Å². The predicted octanol–water partition coefficient (Wildman–Crippen LogP) is 2.17. The largest absolute Gasteiger partial charge is 0.389 e. The molecule has 2 rings (SSSR count). The maximum atomic E-state index is 5.78. The first-order chi connectivity index (χ1) is 8.99. The molecule has 98 valence electrons. The molecule has 0 fully saturated rings. The van der Waals surface area contributed by atoms with Gasteiger partial charge in [0.25, 0.3) is 0 Å². The van der Waals surface area contributed by atoms with Gasteiger partial charge in [-0.15, -0.1) is 5.10 Å². The van der Waals surface area contributed by atoms with E-state index in [9.17, 15) is 0 Å². The van der Waals surface area contributed by atoms with Gasteiger partial charge in [0.15, 0.2) is 5.82 Å². The quantitative estimate of drug-likeness (QED) is 0.835. The van der Waals surface area contributed by atoms with Gasteiger partial charge in [-0.1, -0.05) is 12.2 Å². The monoisotopic (exact) mass is 273 g/mol. The van der Waals surface area contributed by atoms with Crippen LogP contribution in [0.15, 0.2) is 18.5 Å². The van der Waals surface area contributed by atoms with Crippen LogP contribution in [-0.2, 0) is 0 Å². The van der Waals surface area contributed by atoms with Crippen LogP contribution in [0.2, 0.25) is 0 Å². The smallest absolute Gasteiger partial charge is 0.163 e. The van der Waals surface area contributed by atoms with Crippen molar-refractivity contribution in [3.63, 3.8) is 0 Å². The van der Waals surface area contributed by atoms with E-state index in [-0.39, 0.29) is 0 Å². The molecule has 0 bridgehead atoms. The molecule has 6 heteroatoms. The summed E-state index contributed by atoms with van der Waals surface area (Å²) in [6, 6.07) is 1.97. The number of thiocarbonyl (C=S) groups is 1. The van der Waals surface area contributed by atoms with E-state index in [4.69, 9.17) is 18.0 Å². The zero-order valence-corrected chi connectivity index (χ0v) is 11.9. The van der Waals surface area contributed by atoms with Crippen molar-refractivity contribution in [1.82, 2.24) is 15.2 Å². The molecule has 0 aliphatic heterocycles. The summed E-state index contributed by atoms with van der Waals surface area (Å²) in [7, 11) is 0. The van der Waals surface area contributed by atoms with Crippen LogP contribution < -0.4 is 11.1 Å². The first kappa shape index (κ1) is 13.4. The number of anilines is 2. The number of nitrogens with zero attached hydrogens (tertiary/aromatic N) is 3.